The van der Waals surface area contributed by atoms with E-state index in [-0.39, 0.29) is 16.6 Å². The molecule has 1 aliphatic carbocycles. The van der Waals surface area contributed by atoms with Crippen LogP contribution in [0.1, 0.15) is 44.1 Å². The van der Waals surface area contributed by atoms with Crippen LogP contribution in [-0.4, -0.2) is 16.4 Å². The fraction of sp³-hybridized carbons (Fsp3) is 0.571. The third-order valence-corrected chi connectivity index (χ3v) is 4.23. The Labute approximate surface area is 129 Å². The molecule has 0 saturated heterocycles. The summed E-state index contributed by atoms with van der Waals surface area (Å²) < 4.78 is 0. The van der Waals surface area contributed by atoms with Crippen molar-refractivity contribution in [2.24, 2.45) is 5.73 Å². The molecule has 1 aromatic heterocycles. The average Bonchev–Trinajstić information content (AvgIpc) is 2.34. The molecule has 0 unspecified atom stereocenters. The van der Waals surface area contributed by atoms with Gasteiger partial charge in [0.1, 0.15) is 5.15 Å². The number of nitrogens with zero attached hydrogens (tertiary/aromatic N) is 1. The van der Waals surface area contributed by atoms with E-state index in [0.717, 1.165) is 31.2 Å². The maximum absolute atomic E-state index is 12.2. The summed E-state index contributed by atoms with van der Waals surface area (Å²) in [4.78, 5) is 16.1. The van der Waals surface area contributed by atoms with Gasteiger partial charge < -0.3 is 11.1 Å². The topological polar surface area (TPSA) is 68.0 Å². The molecule has 0 bridgehead atoms. The van der Waals surface area contributed by atoms with Gasteiger partial charge in [-0.05, 0) is 31.4 Å². The Morgan fingerprint density at radius 1 is 1.40 bits per heavy atom. The smallest absolute Gasteiger partial charge is 0.226 e. The maximum Gasteiger partial charge on any atom is 0.226 e. The van der Waals surface area contributed by atoms with E-state index in [1.54, 1.807) is 6.07 Å². The van der Waals surface area contributed by atoms with Gasteiger partial charge in [-0.25, -0.2) is 4.98 Å². The Morgan fingerprint density at radius 2 is 2.05 bits per heavy atom. The Hall–Kier alpha value is -0.840. The third-order valence-electron chi connectivity index (χ3n) is 3.77. The molecular weight excluding hydrogens is 297 g/mol. The van der Waals surface area contributed by atoms with Gasteiger partial charge in [0.25, 0.3) is 0 Å². The molecule has 1 fully saturated rings. The van der Waals surface area contributed by atoms with Crippen molar-refractivity contribution in [2.45, 2.75) is 51.0 Å². The largest absolute Gasteiger partial charge is 0.325 e. The number of carbonyl (C=O) groups excluding carboxylic acids is 1. The highest BCUT2D eigenvalue weighted by molar-refractivity contribution is 6.34. The predicted octanol–water partition coefficient (Wildman–Crippen LogP) is 3.69. The van der Waals surface area contributed by atoms with Crippen LogP contribution < -0.4 is 11.1 Å². The molecule has 0 spiro atoms. The predicted molar refractivity (Wildman–Crippen MR) is 82.2 cm³/mol. The first-order valence-electron chi connectivity index (χ1n) is 6.81. The number of nitrogens with one attached hydrogen (secondary N) is 1. The van der Waals surface area contributed by atoms with Gasteiger partial charge in [0.15, 0.2) is 5.15 Å². The number of amides is 1. The minimum absolute atomic E-state index is 0.122. The Morgan fingerprint density at radius 3 is 2.65 bits per heavy atom. The van der Waals surface area contributed by atoms with Crippen molar-refractivity contribution >= 4 is 34.8 Å². The number of halogens is 2. The quantitative estimate of drug-likeness (QED) is 0.836. The van der Waals surface area contributed by atoms with Crippen molar-refractivity contribution in [2.75, 3.05) is 5.32 Å². The molecule has 20 heavy (non-hydrogen) atoms. The Kier molecular flexibility index (Phi) is 4.89. The summed E-state index contributed by atoms with van der Waals surface area (Å²) in [6.07, 6.45) is 5.48. The van der Waals surface area contributed by atoms with Crippen LogP contribution in [0.2, 0.25) is 10.3 Å². The summed E-state index contributed by atoms with van der Waals surface area (Å²) in [5.74, 6) is -0.122. The van der Waals surface area contributed by atoms with Crippen LogP contribution in [0.3, 0.4) is 0 Å². The molecule has 1 aliphatic rings. The third kappa shape index (κ3) is 3.84. The molecule has 6 heteroatoms. The molecule has 3 N–H and O–H groups in total. The van der Waals surface area contributed by atoms with Gasteiger partial charge >= 0.3 is 0 Å². The first-order chi connectivity index (χ1) is 9.39. The van der Waals surface area contributed by atoms with Gasteiger partial charge in [-0.1, -0.05) is 42.5 Å². The van der Waals surface area contributed by atoms with E-state index in [4.69, 9.17) is 28.9 Å². The zero-order valence-electron chi connectivity index (χ0n) is 11.5. The van der Waals surface area contributed by atoms with Crippen molar-refractivity contribution in [1.29, 1.82) is 0 Å². The lowest BCUT2D eigenvalue weighted by Crippen LogP contribution is -2.44. The number of nitrogens with two attached hydrogens (primary N) is 1. The van der Waals surface area contributed by atoms with Crippen LogP contribution in [0, 0.1) is 6.92 Å². The summed E-state index contributed by atoms with van der Waals surface area (Å²) in [7, 11) is 0. The summed E-state index contributed by atoms with van der Waals surface area (Å²) in [6, 6.07) is 1.67. The van der Waals surface area contributed by atoms with Gasteiger partial charge in [-0.2, -0.15) is 0 Å². The minimum Gasteiger partial charge on any atom is -0.325 e. The summed E-state index contributed by atoms with van der Waals surface area (Å²) in [5.41, 5.74) is 7.20. The summed E-state index contributed by atoms with van der Waals surface area (Å²) in [5, 5.41) is 3.33. The first-order valence-corrected chi connectivity index (χ1v) is 7.57. The minimum atomic E-state index is -0.386. The SMILES string of the molecule is Cc1cc(Cl)nc(Cl)c1NC(=O)CC1(N)CCCCC1. The zero-order valence-corrected chi connectivity index (χ0v) is 13.0. The second-order valence-corrected chi connectivity index (χ2v) is 6.32. The van der Waals surface area contributed by atoms with Gasteiger partial charge in [0, 0.05) is 12.0 Å². The average molecular weight is 316 g/mol. The fourth-order valence-electron chi connectivity index (χ4n) is 2.68. The van der Waals surface area contributed by atoms with Gasteiger partial charge in [-0.3, -0.25) is 4.79 Å². The van der Waals surface area contributed by atoms with Crippen molar-refractivity contribution in [1.82, 2.24) is 4.98 Å². The summed E-state index contributed by atoms with van der Waals surface area (Å²) in [6.45, 7) is 1.83. The van der Waals surface area contributed by atoms with E-state index in [1.807, 2.05) is 6.92 Å². The molecule has 0 atom stereocenters. The highest BCUT2D eigenvalue weighted by Gasteiger charge is 2.30. The molecule has 0 aliphatic heterocycles. The fourth-order valence-corrected chi connectivity index (χ4v) is 3.26. The highest BCUT2D eigenvalue weighted by Crippen LogP contribution is 2.30. The normalized spacial score (nSPS) is 17.8. The summed E-state index contributed by atoms with van der Waals surface area (Å²) >= 11 is 11.8. The monoisotopic (exact) mass is 315 g/mol. The molecular formula is C14H19Cl2N3O. The van der Waals surface area contributed by atoms with Crippen molar-refractivity contribution in [3.05, 3.63) is 21.9 Å². The second kappa shape index (κ2) is 6.29. The molecule has 1 aromatic rings. The number of carbonyl (C=O) groups is 1. The molecule has 1 heterocycles. The number of anilines is 1. The van der Waals surface area contributed by atoms with E-state index >= 15 is 0 Å². The van der Waals surface area contributed by atoms with Crippen LogP contribution in [0.5, 0.6) is 0 Å². The molecule has 1 amide bonds. The number of aromatic nitrogens is 1. The van der Waals surface area contributed by atoms with E-state index < -0.39 is 0 Å². The lowest BCUT2D eigenvalue weighted by Gasteiger charge is -2.32. The number of hydrogen-bond donors (Lipinski definition) is 2. The van der Waals surface area contributed by atoms with Gasteiger partial charge in [0.05, 0.1) is 5.69 Å². The van der Waals surface area contributed by atoms with Crippen LogP contribution >= 0.6 is 23.2 Å². The standard InChI is InChI=1S/C14H19Cl2N3O/c1-9-7-10(15)18-13(16)12(9)19-11(20)8-14(17)5-3-2-4-6-14/h7H,2-6,8,17H2,1H3,(H,19,20). The molecule has 2 rings (SSSR count). The van der Waals surface area contributed by atoms with Crippen LogP contribution in [0.15, 0.2) is 6.07 Å². The van der Waals surface area contributed by atoms with Crippen LogP contribution in [0.25, 0.3) is 0 Å². The molecule has 110 valence electrons. The molecule has 0 aromatic carbocycles. The number of hydrogen-bond acceptors (Lipinski definition) is 3. The number of pyridine rings is 1. The first kappa shape index (κ1) is 15.5. The van der Waals surface area contributed by atoms with Gasteiger partial charge in [0.2, 0.25) is 5.91 Å². The second-order valence-electron chi connectivity index (χ2n) is 5.58. The van der Waals surface area contributed by atoms with Crippen LogP contribution in [0.4, 0.5) is 5.69 Å². The zero-order chi connectivity index (χ0) is 14.8. The lowest BCUT2D eigenvalue weighted by molar-refractivity contribution is -0.117. The van der Waals surface area contributed by atoms with E-state index in [2.05, 4.69) is 10.3 Å². The van der Waals surface area contributed by atoms with E-state index in [1.165, 1.54) is 6.42 Å². The number of rotatable bonds is 3. The van der Waals surface area contributed by atoms with Crippen LogP contribution in [-0.2, 0) is 4.79 Å². The van der Waals surface area contributed by atoms with Gasteiger partial charge in [-0.15, -0.1) is 0 Å². The Balaban J connectivity index is 2.05. The van der Waals surface area contributed by atoms with Crippen molar-refractivity contribution in [3.63, 3.8) is 0 Å². The molecule has 4 nitrogen and oxygen atoms in total. The highest BCUT2D eigenvalue weighted by atomic mass is 35.5. The van der Waals surface area contributed by atoms with E-state index in [9.17, 15) is 4.79 Å². The van der Waals surface area contributed by atoms with Crippen molar-refractivity contribution < 1.29 is 4.79 Å². The maximum atomic E-state index is 12.2. The lowest BCUT2D eigenvalue weighted by atomic mass is 9.80. The van der Waals surface area contributed by atoms with E-state index in [0.29, 0.717) is 17.3 Å². The van der Waals surface area contributed by atoms with Crippen molar-refractivity contribution in [3.8, 4) is 0 Å². The Bertz CT molecular complexity index is 490. The molecule has 1 saturated carbocycles. The molecule has 0 radical (unpaired) electrons. The number of aryl methyl sites for hydroxylation is 1.